The maximum atomic E-state index is 4.54. The summed E-state index contributed by atoms with van der Waals surface area (Å²) in [6.45, 7) is 1.76. The minimum Gasteiger partial charge on any atom is -0.312 e. The number of nitrogens with zero attached hydrogens (tertiary/aromatic N) is 3. The zero-order valence-corrected chi connectivity index (χ0v) is 15.7. The molecule has 134 valence electrons. The molecule has 0 aliphatic rings. The molecule has 4 rings (SSSR count). The molecule has 27 heavy (non-hydrogen) atoms. The van der Waals surface area contributed by atoms with Gasteiger partial charge < -0.3 is 5.32 Å². The Labute approximate surface area is 163 Å². The third kappa shape index (κ3) is 4.51. The number of hydrogen-bond donors (Lipinski definition) is 1. The summed E-state index contributed by atoms with van der Waals surface area (Å²) < 4.78 is 0. The molecular weight excluding hydrogens is 352 g/mol. The Bertz CT molecular complexity index is 998. The van der Waals surface area contributed by atoms with Crippen LogP contribution in [0.25, 0.3) is 22.0 Å². The number of nitrogens with one attached hydrogen (secondary N) is 1. The zero-order chi connectivity index (χ0) is 18.3. The summed E-state index contributed by atoms with van der Waals surface area (Å²) in [5, 5.41) is 5.95. The lowest BCUT2D eigenvalue weighted by atomic mass is 10.1. The number of fused-ring (bicyclic) bond motifs is 1. The Morgan fingerprint density at radius 1 is 0.852 bits per heavy atom. The molecule has 5 heteroatoms. The highest BCUT2D eigenvalue weighted by molar-refractivity contribution is 7.99. The predicted molar refractivity (Wildman–Crippen MR) is 112 cm³/mol. The molecular formula is C22H20N4S. The first-order valence-electron chi connectivity index (χ1n) is 8.92. The van der Waals surface area contributed by atoms with Crippen LogP contribution in [0.5, 0.6) is 0 Å². The normalized spacial score (nSPS) is 11.0. The number of aromatic nitrogens is 3. The van der Waals surface area contributed by atoms with Crippen LogP contribution in [0.3, 0.4) is 0 Å². The molecule has 0 atom stereocenters. The van der Waals surface area contributed by atoms with Gasteiger partial charge in [-0.3, -0.25) is 15.0 Å². The Balaban J connectivity index is 1.27. The number of benzene rings is 1. The number of pyridine rings is 3. The molecule has 3 aromatic heterocycles. The van der Waals surface area contributed by atoms with E-state index in [-0.39, 0.29) is 0 Å². The molecule has 0 unspecified atom stereocenters. The molecule has 1 aromatic carbocycles. The lowest BCUT2D eigenvalue weighted by Crippen LogP contribution is -2.16. The largest absolute Gasteiger partial charge is 0.312 e. The molecule has 0 aliphatic heterocycles. The van der Waals surface area contributed by atoms with E-state index in [2.05, 4.69) is 50.6 Å². The maximum absolute atomic E-state index is 4.54. The monoisotopic (exact) mass is 372 g/mol. The van der Waals surface area contributed by atoms with Gasteiger partial charge in [-0.25, -0.2) is 0 Å². The fourth-order valence-electron chi connectivity index (χ4n) is 2.90. The maximum Gasteiger partial charge on any atom is 0.0717 e. The number of thioether (sulfide) groups is 1. The SMILES string of the molecule is c1cncc(-c2ccc(CNCCSc3cccc4cnccc34)cn2)c1. The summed E-state index contributed by atoms with van der Waals surface area (Å²) in [6.07, 6.45) is 9.31. The van der Waals surface area contributed by atoms with Crippen molar-refractivity contribution in [3.8, 4) is 11.3 Å². The second-order valence-electron chi connectivity index (χ2n) is 6.17. The van der Waals surface area contributed by atoms with Crippen molar-refractivity contribution in [3.63, 3.8) is 0 Å². The molecule has 0 aliphatic carbocycles. The summed E-state index contributed by atoms with van der Waals surface area (Å²) in [6, 6.07) is 16.6. The summed E-state index contributed by atoms with van der Waals surface area (Å²) in [4.78, 5) is 14.2. The van der Waals surface area contributed by atoms with Crippen LogP contribution in [-0.4, -0.2) is 27.2 Å². The lowest BCUT2D eigenvalue weighted by molar-refractivity contribution is 0.730. The summed E-state index contributed by atoms with van der Waals surface area (Å²) in [5.74, 6) is 1.02. The van der Waals surface area contributed by atoms with Crippen molar-refractivity contribution in [2.45, 2.75) is 11.4 Å². The van der Waals surface area contributed by atoms with Crippen LogP contribution < -0.4 is 5.32 Å². The highest BCUT2D eigenvalue weighted by atomic mass is 32.2. The molecule has 0 fully saturated rings. The standard InChI is InChI=1S/C22H20N4S/c1-3-18-15-24-10-8-20(18)22(5-1)27-12-11-25-13-17-6-7-21(26-14-17)19-4-2-9-23-16-19/h1-10,14-16,25H,11-13H2. The fraction of sp³-hybridized carbons (Fsp3) is 0.136. The first kappa shape index (κ1) is 17.6. The molecule has 0 saturated heterocycles. The van der Waals surface area contributed by atoms with Gasteiger partial charge in [-0.1, -0.05) is 18.2 Å². The first-order chi connectivity index (χ1) is 13.4. The highest BCUT2D eigenvalue weighted by Crippen LogP contribution is 2.26. The van der Waals surface area contributed by atoms with Crippen LogP contribution in [0.1, 0.15) is 5.56 Å². The quantitative estimate of drug-likeness (QED) is 0.380. The second-order valence-corrected chi connectivity index (χ2v) is 7.31. The van der Waals surface area contributed by atoms with Crippen LogP contribution in [0.4, 0.5) is 0 Å². The van der Waals surface area contributed by atoms with Gasteiger partial charge in [-0.15, -0.1) is 11.8 Å². The van der Waals surface area contributed by atoms with E-state index in [1.54, 1.807) is 6.20 Å². The van der Waals surface area contributed by atoms with E-state index in [1.165, 1.54) is 21.2 Å². The molecule has 3 heterocycles. The number of hydrogen-bond acceptors (Lipinski definition) is 5. The highest BCUT2D eigenvalue weighted by Gasteiger charge is 2.02. The van der Waals surface area contributed by atoms with Crippen LogP contribution in [0.2, 0.25) is 0 Å². The van der Waals surface area contributed by atoms with Crippen molar-refractivity contribution in [2.75, 3.05) is 12.3 Å². The molecule has 0 saturated carbocycles. The Kier molecular flexibility index (Phi) is 5.72. The van der Waals surface area contributed by atoms with Crippen LogP contribution >= 0.6 is 11.8 Å². The van der Waals surface area contributed by atoms with Gasteiger partial charge in [0, 0.05) is 65.7 Å². The van der Waals surface area contributed by atoms with E-state index >= 15 is 0 Å². The Morgan fingerprint density at radius 3 is 2.67 bits per heavy atom. The summed E-state index contributed by atoms with van der Waals surface area (Å²) in [7, 11) is 0. The smallest absolute Gasteiger partial charge is 0.0717 e. The van der Waals surface area contributed by atoms with E-state index in [0.717, 1.165) is 30.1 Å². The molecule has 0 amide bonds. The van der Waals surface area contributed by atoms with Crippen LogP contribution in [0, 0.1) is 0 Å². The third-order valence-corrected chi connectivity index (χ3v) is 5.36. The average Bonchev–Trinajstić information content (AvgIpc) is 2.75. The van der Waals surface area contributed by atoms with Crippen LogP contribution in [-0.2, 0) is 6.54 Å². The van der Waals surface area contributed by atoms with Gasteiger partial charge >= 0.3 is 0 Å². The van der Waals surface area contributed by atoms with E-state index in [0.29, 0.717) is 0 Å². The average molecular weight is 372 g/mol. The number of rotatable bonds is 7. The van der Waals surface area contributed by atoms with Gasteiger partial charge in [-0.2, -0.15) is 0 Å². The van der Waals surface area contributed by atoms with E-state index in [1.807, 2.05) is 54.7 Å². The first-order valence-corrected chi connectivity index (χ1v) is 9.90. The predicted octanol–water partition coefficient (Wildman–Crippen LogP) is 4.57. The van der Waals surface area contributed by atoms with Crippen molar-refractivity contribution in [1.29, 1.82) is 0 Å². The minimum absolute atomic E-state index is 0.820. The third-order valence-electron chi connectivity index (χ3n) is 4.29. The van der Waals surface area contributed by atoms with Crippen molar-refractivity contribution >= 4 is 22.5 Å². The molecule has 0 bridgehead atoms. The minimum atomic E-state index is 0.820. The second kappa shape index (κ2) is 8.75. The van der Waals surface area contributed by atoms with Gasteiger partial charge in [0.2, 0.25) is 0 Å². The van der Waals surface area contributed by atoms with Crippen molar-refractivity contribution in [1.82, 2.24) is 20.3 Å². The molecule has 4 nitrogen and oxygen atoms in total. The fourth-order valence-corrected chi connectivity index (χ4v) is 3.88. The van der Waals surface area contributed by atoms with E-state index in [9.17, 15) is 0 Å². The van der Waals surface area contributed by atoms with Gasteiger partial charge in [0.1, 0.15) is 0 Å². The Hall–Kier alpha value is -2.76. The van der Waals surface area contributed by atoms with Crippen LogP contribution in [0.15, 0.2) is 84.4 Å². The summed E-state index contributed by atoms with van der Waals surface area (Å²) >= 11 is 1.87. The van der Waals surface area contributed by atoms with E-state index < -0.39 is 0 Å². The van der Waals surface area contributed by atoms with Crippen molar-refractivity contribution in [3.05, 3.63) is 85.1 Å². The van der Waals surface area contributed by atoms with Gasteiger partial charge in [0.25, 0.3) is 0 Å². The van der Waals surface area contributed by atoms with Gasteiger partial charge in [-0.05, 0) is 41.3 Å². The van der Waals surface area contributed by atoms with Crippen molar-refractivity contribution < 1.29 is 0 Å². The topological polar surface area (TPSA) is 50.7 Å². The van der Waals surface area contributed by atoms with Gasteiger partial charge in [0.05, 0.1) is 5.69 Å². The molecule has 4 aromatic rings. The lowest BCUT2D eigenvalue weighted by Gasteiger charge is -2.08. The summed E-state index contributed by atoms with van der Waals surface area (Å²) in [5.41, 5.74) is 3.18. The Morgan fingerprint density at radius 2 is 1.81 bits per heavy atom. The zero-order valence-electron chi connectivity index (χ0n) is 14.9. The molecule has 0 radical (unpaired) electrons. The molecule has 0 spiro atoms. The van der Waals surface area contributed by atoms with Crippen molar-refractivity contribution in [2.24, 2.45) is 0 Å². The molecule has 1 N–H and O–H groups in total. The van der Waals surface area contributed by atoms with E-state index in [4.69, 9.17) is 0 Å². The van der Waals surface area contributed by atoms with Gasteiger partial charge in [0.15, 0.2) is 0 Å².